The summed E-state index contributed by atoms with van der Waals surface area (Å²) in [5.41, 5.74) is 0.931. The lowest BCUT2D eigenvalue weighted by Crippen LogP contribution is -2.22. The van der Waals surface area contributed by atoms with Crippen LogP contribution in [0.2, 0.25) is 0 Å². The summed E-state index contributed by atoms with van der Waals surface area (Å²) in [6.45, 7) is 1.54. The van der Waals surface area contributed by atoms with Gasteiger partial charge in [0.15, 0.2) is 0 Å². The first kappa shape index (κ1) is 12.7. The Bertz CT molecular complexity index is 477. The van der Waals surface area contributed by atoms with Crippen LogP contribution in [0.3, 0.4) is 0 Å². The summed E-state index contributed by atoms with van der Waals surface area (Å²) in [4.78, 5) is 22.0. The summed E-state index contributed by atoms with van der Waals surface area (Å²) in [5, 5.41) is 19.8. The number of carbonyl (C=O) groups excluding carboxylic acids is 1. The number of nitriles is 1. The van der Waals surface area contributed by atoms with Crippen LogP contribution in [0.1, 0.15) is 18.9 Å². The molecular formula is C12H12N2O3. The average molecular weight is 232 g/mol. The van der Waals surface area contributed by atoms with Crippen molar-refractivity contribution in [2.24, 2.45) is 5.92 Å². The number of aliphatic carboxylic acids is 1. The van der Waals surface area contributed by atoms with Crippen molar-refractivity contribution < 1.29 is 14.7 Å². The Morgan fingerprint density at radius 2 is 2.24 bits per heavy atom. The van der Waals surface area contributed by atoms with E-state index in [0.717, 1.165) is 0 Å². The van der Waals surface area contributed by atoms with Gasteiger partial charge in [-0.05, 0) is 18.2 Å². The summed E-state index contributed by atoms with van der Waals surface area (Å²) in [6, 6.07) is 8.41. The van der Waals surface area contributed by atoms with E-state index in [-0.39, 0.29) is 12.3 Å². The lowest BCUT2D eigenvalue weighted by molar-refractivity contribution is -0.139. The number of amides is 1. The number of nitrogens with zero attached hydrogens (tertiary/aromatic N) is 1. The van der Waals surface area contributed by atoms with Gasteiger partial charge in [0.2, 0.25) is 5.91 Å². The van der Waals surface area contributed by atoms with E-state index in [1.807, 2.05) is 6.07 Å². The molecule has 0 aliphatic carbocycles. The molecule has 1 unspecified atom stereocenters. The van der Waals surface area contributed by atoms with E-state index in [1.165, 1.54) is 13.0 Å². The third-order valence-corrected chi connectivity index (χ3v) is 2.19. The minimum Gasteiger partial charge on any atom is -0.481 e. The van der Waals surface area contributed by atoms with Crippen molar-refractivity contribution in [1.29, 1.82) is 5.26 Å². The molecule has 0 saturated carbocycles. The van der Waals surface area contributed by atoms with Gasteiger partial charge >= 0.3 is 5.97 Å². The van der Waals surface area contributed by atoms with Crippen molar-refractivity contribution in [3.05, 3.63) is 29.8 Å². The van der Waals surface area contributed by atoms with Crippen LogP contribution in [-0.4, -0.2) is 17.0 Å². The molecule has 88 valence electrons. The summed E-state index contributed by atoms with van der Waals surface area (Å²) >= 11 is 0. The van der Waals surface area contributed by atoms with Crippen LogP contribution in [0.25, 0.3) is 0 Å². The third-order valence-electron chi connectivity index (χ3n) is 2.19. The molecule has 0 bridgehead atoms. The van der Waals surface area contributed by atoms with Crippen molar-refractivity contribution in [3.63, 3.8) is 0 Å². The van der Waals surface area contributed by atoms with Crippen molar-refractivity contribution in [1.82, 2.24) is 0 Å². The maximum atomic E-state index is 11.6. The fourth-order valence-electron chi connectivity index (χ4n) is 1.29. The second-order valence-corrected chi connectivity index (χ2v) is 3.68. The average Bonchev–Trinajstić information content (AvgIpc) is 2.28. The van der Waals surface area contributed by atoms with Crippen molar-refractivity contribution in [2.75, 3.05) is 5.32 Å². The van der Waals surface area contributed by atoms with Gasteiger partial charge in [-0.15, -0.1) is 0 Å². The second kappa shape index (κ2) is 5.66. The van der Waals surface area contributed by atoms with Crippen molar-refractivity contribution in [2.45, 2.75) is 13.3 Å². The first-order valence-corrected chi connectivity index (χ1v) is 5.05. The standard InChI is InChI=1S/C12H12N2O3/c1-8(5-11(15)16)12(17)14-10-4-2-3-9(6-10)7-13/h2-4,6,8H,5H2,1H3,(H,14,17)(H,15,16). The zero-order valence-electron chi connectivity index (χ0n) is 9.30. The van der Waals surface area contributed by atoms with E-state index in [9.17, 15) is 9.59 Å². The Hall–Kier alpha value is -2.35. The summed E-state index contributed by atoms with van der Waals surface area (Å²) in [5.74, 6) is -2.00. The predicted molar refractivity (Wildman–Crippen MR) is 61.2 cm³/mol. The summed E-state index contributed by atoms with van der Waals surface area (Å²) < 4.78 is 0. The highest BCUT2D eigenvalue weighted by Gasteiger charge is 2.16. The quantitative estimate of drug-likeness (QED) is 0.825. The maximum absolute atomic E-state index is 11.6. The minimum absolute atomic E-state index is 0.218. The predicted octanol–water partition coefficient (Wildman–Crippen LogP) is 1.61. The second-order valence-electron chi connectivity index (χ2n) is 3.68. The minimum atomic E-state index is -1.02. The number of anilines is 1. The first-order valence-electron chi connectivity index (χ1n) is 5.05. The molecule has 0 aliphatic heterocycles. The maximum Gasteiger partial charge on any atom is 0.304 e. The number of benzene rings is 1. The van der Waals surface area contributed by atoms with E-state index in [2.05, 4.69) is 5.32 Å². The van der Waals surface area contributed by atoms with Crippen molar-refractivity contribution >= 4 is 17.6 Å². The molecule has 1 amide bonds. The van der Waals surface area contributed by atoms with Crippen LogP contribution in [0.5, 0.6) is 0 Å². The Balaban J connectivity index is 2.68. The van der Waals surface area contributed by atoms with Gasteiger partial charge in [0.1, 0.15) is 0 Å². The molecule has 0 saturated heterocycles. The molecule has 0 aliphatic rings. The van der Waals surface area contributed by atoms with E-state index in [4.69, 9.17) is 10.4 Å². The fraction of sp³-hybridized carbons (Fsp3) is 0.250. The fourth-order valence-corrected chi connectivity index (χ4v) is 1.29. The topological polar surface area (TPSA) is 90.2 Å². The highest BCUT2D eigenvalue weighted by Crippen LogP contribution is 2.12. The van der Waals surface area contributed by atoms with Gasteiger partial charge in [0, 0.05) is 11.6 Å². The summed E-state index contributed by atoms with van der Waals surface area (Å²) in [6.07, 6.45) is -0.218. The van der Waals surface area contributed by atoms with Gasteiger partial charge in [-0.1, -0.05) is 13.0 Å². The third kappa shape index (κ3) is 3.95. The summed E-state index contributed by atoms with van der Waals surface area (Å²) in [7, 11) is 0. The van der Waals surface area contributed by atoms with Crippen LogP contribution in [0, 0.1) is 17.2 Å². The van der Waals surface area contributed by atoms with Gasteiger partial charge in [-0.3, -0.25) is 9.59 Å². The Kier molecular flexibility index (Phi) is 4.23. The lowest BCUT2D eigenvalue weighted by atomic mass is 10.1. The Morgan fingerprint density at radius 3 is 2.82 bits per heavy atom. The van der Waals surface area contributed by atoms with Crippen molar-refractivity contribution in [3.8, 4) is 6.07 Å². The van der Waals surface area contributed by atoms with Gasteiger partial charge < -0.3 is 10.4 Å². The molecule has 0 radical (unpaired) electrons. The molecule has 2 N–H and O–H groups in total. The number of rotatable bonds is 4. The van der Waals surface area contributed by atoms with Gasteiger partial charge in [0.25, 0.3) is 0 Å². The highest BCUT2D eigenvalue weighted by atomic mass is 16.4. The van der Waals surface area contributed by atoms with Crippen LogP contribution >= 0.6 is 0 Å². The number of carboxylic acids is 1. The number of nitrogens with one attached hydrogen (secondary N) is 1. The lowest BCUT2D eigenvalue weighted by Gasteiger charge is -2.10. The van der Waals surface area contributed by atoms with Crippen LogP contribution in [-0.2, 0) is 9.59 Å². The highest BCUT2D eigenvalue weighted by molar-refractivity contribution is 5.94. The SMILES string of the molecule is CC(CC(=O)O)C(=O)Nc1cccc(C#N)c1. The number of carboxylic acid groups (broad SMARTS) is 1. The molecule has 0 fully saturated rings. The van der Waals surface area contributed by atoms with E-state index in [0.29, 0.717) is 11.3 Å². The number of hydrogen-bond donors (Lipinski definition) is 2. The van der Waals surface area contributed by atoms with E-state index < -0.39 is 11.9 Å². The normalized spacial score (nSPS) is 11.3. The molecule has 17 heavy (non-hydrogen) atoms. The molecule has 0 aromatic heterocycles. The van der Waals surface area contributed by atoms with Crippen LogP contribution < -0.4 is 5.32 Å². The number of carbonyl (C=O) groups is 2. The Labute approximate surface area is 98.7 Å². The zero-order valence-corrected chi connectivity index (χ0v) is 9.30. The van der Waals surface area contributed by atoms with E-state index >= 15 is 0 Å². The first-order chi connectivity index (χ1) is 8.02. The van der Waals surface area contributed by atoms with Gasteiger partial charge in [-0.2, -0.15) is 5.26 Å². The van der Waals surface area contributed by atoms with Crippen LogP contribution in [0.4, 0.5) is 5.69 Å². The molecule has 1 aromatic carbocycles. The molecule has 1 rings (SSSR count). The monoisotopic (exact) mass is 232 g/mol. The molecule has 5 heteroatoms. The molecule has 1 atom stereocenters. The smallest absolute Gasteiger partial charge is 0.304 e. The molecule has 1 aromatic rings. The van der Waals surface area contributed by atoms with Crippen LogP contribution in [0.15, 0.2) is 24.3 Å². The van der Waals surface area contributed by atoms with Gasteiger partial charge in [0.05, 0.1) is 18.1 Å². The zero-order chi connectivity index (χ0) is 12.8. The van der Waals surface area contributed by atoms with Gasteiger partial charge in [-0.25, -0.2) is 0 Å². The molecule has 0 spiro atoms. The number of hydrogen-bond acceptors (Lipinski definition) is 3. The molecular weight excluding hydrogens is 220 g/mol. The molecule has 0 heterocycles. The molecule has 5 nitrogen and oxygen atoms in total. The largest absolute Gasteiger partial charge is 0.481 e. The van der Waals surface area contributed by atoms with E-state index in [1.54, 1.807) is 18.2 Å². The Morgan fingerprint density at radius 1 is 1.53 bits per heavy atom.